The third kappa shape index (κ3) is 3.56. The Kier molecular flexibility index (Phi) is 4.79. The predicted octanol–water partition coefficient (Wildman–Crippen LogP) is 3.08. The van der Waals surface area contributed by atoms with Gasteiger partial charge in [0.15, 0.2) is 0 Å². The van der Waals surface area contributed by atoms with Crippen molar-refractivity contribution in [1.82, 2.24) is 19.9 Å². The highest BCUT2D eigenvalue weighted by molar-refractivity contribution is 5.78. The van der Waals surface area contributed by atoms with Crippen molar-refractivity contribution in [3.05, 3.63) is 60.2 Å². The van der Waals surface area contributed by atoms with Crippen molar-refractivity contribution in [3.63, 3.8) is 0 Å². The van der Waals surface area contributed by atoms with Gasteiger partial charge in [-0.2, -0.15) is 0 Å². The molecule has 7 heteroatoms. The number of rotatable bonds is 6. The molecule has 0 saturated carbocycles. The number of nitrogens with one attached hydrogen (secondary N) is 1. The number of carbonyl (C=O) groups excluding carboxylic acids is 1. The van der Waals surface area contributed by atoms with E-state index in [0.717, 1.165) is 5.56 Å². The van der Waals surface area contributed by atoms with Crippen molar-refractivity contribution in [3.8, 4) is 0 Å². The maximum Gasteiger partial charge on any atom is 0.278 e. The molecule has 0 aromatic carbocycles. The number of pyridine rings is 2. The van der Waals surface area contributed by atoms with Crippen LogP contribution in [0.3, 0.4) is 0 Å². The molecule has 3 aromatic rings. The van der Waals surface area contributed by atoms with Gasteiger partial charge >= 0.3 is 0 Å². The van der Waals surface area contributed by atoms with Crippen LogP contribution in [0.2, 0.25) is 0 Å². The molecule has 24 heavy (non-hydrogen) atoms. The SMILES string of the molecule is O=C(CCn1c(C(F)F)cc2cccnc21)NCc1cccnc1. The summed E-state index contributed by atoms with van der Waals surface area (Å²) in [5, 5.41) is 3.40. The quantitative estimate of drug-likeness (QED) is 0.755. The van der Waals surface area contributed by atoms with Crippen molar-refractivity contribution in [2.24, 2.45) is 0 Å². The lowest BCUT2D eigenvalue weighted by Crippen LogP contribution is -2.24. The zero-order valence-electron chi connectivity index (χ0n) is 12.8. The highest BCUT2D eigenvalue weighted by Gasteiger charge is 2.18. The second kappa shape index (κ2) is 7.16. The van der Waals surface area contributed by atoms with E-state index in [-0.39, 0.29) is 24.6 Å². The highest BCUT2D eigenvalue weighted by atomic mass is 19.3. The maximum atomic E-state index is 13.2. The first-order valence-corrected chi connectivity index (χ1v) is 7.53. The summed E-state index contributed by atoms with van der Waals surface area (Å²) in [7, 11) is 0. The Morgan fingerprint density at radius 2 is 2.08 bits per heavy atom. The second-order valence-corrected chi connectivity index (χ2v) is 5.33. The van der Waals surface area contributed by atoms with Gasteiger partial charge in [0, 0.05) is 43.5 Å². The van der Waals surface area contributed by atoms with Gasteiger partial charge in [-0.3, -0.25) is 9.78 Å². The number of hydrogen-bond donors (Lipinski definition) is 1. The molecule has 0 unspecified atom stereocenters. The van der Waals surface area contributed by atoms with Crippen molar-refractivity contribution < 1.29 is 13.6 Å². The number of halogens is 2. The molecule has 124 valence electrons. The Morgan fingerprint density at radius 1 is 1.25 bits per heavy atom. The molecule has 0 spiro atoms. The third-order valence-corrected chi connectivity index (χ3v) is 3.69. The van der Waals surface area contributed by atoms with Gasteiger partial charge in [-0.15, -0.1) is 0 Å². The maximum absolute atomic E-state index is 13.2. The summed E-state index contributed by atoms with van der Waals surface area (Å²) in [6.07, 6.45) is 2.36. The van der Waals surface area contributed by atoms with Crippen LogP contribution in [0, 0.1) is 0 Å². The van der Waals surface area contributed by atoms with Gasteiger partial charge < -0.3 is 9.88 Å². The lowest BCUT2D eigenvalue weighted by molar-refractivity contribution is -0.121. The van der Waals surface area contributed by atoms with Crippen LogP contribution in [0.4, 0.5) is 8.78 Å². The Bertz CT molecular complexity index is 833. The minimum Gasteiger partial charge on any atom is -0.352 e. The fourth-order valence-corrected chi connectivity index (χ4v) is 2.53. The molecule has 3 heterocycles. The van der Waals surface area contributed by atoms with Crippen LogP contribution >= 0.6 is 0 Å². The van der Waals surface area contributed by atoms with Crippen LogP contribution in [-0.4, -0.2) is 20.4 Å². The Balaban J connectivity index is 1.66. The molecule has 5 nitrogen and oxygen atoms in total. The summed E-state index contributed by atoms with van der Waals surface area (Å²) >= 11 is 0. The summed E-state index contributed by atoms with van der Waals surface area (Å²) in [6.45, 7) is 0.512. The molecule has 0 aliphatic rings. The molecule has 3 rings (SSSR count). The lowest BCUT2D eigenvalue weighted by Gasteiger charge is -2.10. The largest absolute Gasteiger partial charge is 0.352 e. The number of carbonyl (C=O) groups is 1. The normalized spacial score (nSPS) is 11.1. The predicted molar refractivity (Wildman–Crippen MR) is 85.4 cm³/mol. The number of nitrogens with zero attached hydrogens (tertiary/aromatic N) is 3. The molecular formula is C17H16F2N4O. The molecule has 1 amide bonds. The first-order valence-electron chi connectivity index (χ1n) is 7.53. The Hall–Kier alpha value is -2.83. The Morgan fingerprint density at radius 3 is 2.83 bits per heavy atom. The number of alkyl halides is 2. The highest BCUT2D eigenvalue weighted by Crippen LogP contribution is 2.26. The standard InChI is InChI=1S/C17H16F2N4O/c18-16(19)14-9-13-4-2-7-21-17(13)23(14)8-5-15(24)22-11-12-3-1-6-20-10-12/h1-4,6-7,9-10,16H,5,8,11H2,(H,22,24). The zero-order chi connectivity index (χ0) is 16.9. The van der Waals surface area contributed by atoms with E-state index < -0.39 is 6.43 Å². The second-order valence-electron chi connectivity index (χ2n) is 5.33. The summed E-state index contributed by atoms with van der Waals surface area (Å²) in [4.78, 5) is 20.1. The first-order chi connectivity index (χ1) is 11.6. The molecule has 1 N–H and O–H groups in total. The van der Waals surface area contributed by atoms with Gasteiger partial charge in [0.05, 0.1) is 5.69 Å². The van der Waals surface area contributed by atoms with Crippen molar-refractivity contribution >= 4 is 16.9 Å². The topological polar surface area (TPSA) is 59.8 Å². The average molecular weight is 330 g/mol. The molecule has 0 aliphatic carbocycles. The fourth-order valence-electron chi connectivity index (χ4n) is 2.53. The summed E-state index contributed by atoms with van der Waals surface area (Å²) in [5.74, 6) is -0.211. The van der Waals surface area contributed by atoms with Gasteiger partial charge in [-0.25, -0.2) is 13.8 Å². The van der Waals surface area contributed by atoms with Crippen LogP contribution in [0.15, 0.2) is 48.9 Å². The molecule has 0 aliphatic heterocycles. The van der Waals surface area contributed by atoms with Crippen LogP contribution in [0.5, 0.6) is 0 Å². The smallest absolute Gasteiger partial charge is 0.278 e. The summed E-state index contributed by atoms with van der Waals surface area (Å²) in [6, 6.07) is 8.48. The van der Waals surface area contributed by atoms with Crippen molar-refractivity contribution in [1.29, 1.82) is 0 Å². The number of hydrogen-bond acceptors (Lipinski definition) is 3. The van der Waals surface area contributed by atoms with Crippen LogP contribution in [0.1, 0.15) is 24.1 Å². The summed E-state index contributed by atoms with van der Waals surface area (Å²) < 4.78 is 27.8. The number of fused-ring (bicyclic) bond motifs is 1. The van der Waals surface area contributed by atoms with E-state index in [1.54, 1.807) is 36.8 Å². The zero-order valence-corrected chi connectivity index (χ0v) is 12.8. The first kappa shape index (κ1) is 16.0. The van der Waals surface area contributed by atoms with Crippen molar-refractivity contribution in [2.45, 2.75) is 25.9 Å². The van der Waals surface area contributed by atoms with Crippen LogP contribution in [0.25, 0.3) is 11.0 Å². The fraction of sp³-hybridized carbons (Fsp3) is 0.235. The number of amides is 1. The van der Waals surface area contributed by atoms with Gasteiger partial charge in [0.25, 0.3) is 6.43 Å². The van der Waals surface area contributed by atoms with E-state index in [0.29, 0.717) is 17.6 Å². The van der Waals surface area contributed by atoms with E-state index >= 15 is 0 Å². The van der Waals surface area contributed by atoms with E-state index in [1.165, 1.54) is 10.6 Å². The third-order valence-electron chi connectivity index (χ3n) is 3.69. The monoisotopic (exact) mass is 330 g/mol. The lowest BCUT2D eigenvalue weighted by atomic mass is 10.3. The molecule has 0 atom stereocenters. The molecule has 0 bridgehead atoms. The Labute approximate surface area is 137 Å². The van der Waals surface area contributed by atoms with E-state index in [4.69, 9.17) is 0 Å². The van der Waals surface area contributed by atoms with Crippen LogP contribution in [-0.2, 0) is 17.9 Å². The van der Waals surface area contributed by atoms with Gasteiger partial charge in [-0.1, -0.05) is 6.07 Å². The average Bonchev–Trinajstić information content (AvgIpc) is 2.98. The van der Waals surface area contributed by atoms with Gasteiger partial charge in [0.1, 0.15) is 5.65 Å². The van der Waals surface area contributed by atoms with Gasteiger partial charge in [0.2, 0.25) is 5.91 Å². The van der Waals surface area contributed by atoms with Crippen molar-refractivity contribution in [2.75, 3.05) is 0 Å². The number of aromatic nitrogens is 3. The summed E-state index contributed by atoms with van der Waals surface area (Å²) in [5.41, 5.74) is 1.23. The molecular weight excluding hydrogens is 314 g/mol. The molecule has 3 aromatic heterocycles. The van der Waals surface area contributed by atoms with E-state index in [1.807, 2.05) is 6.07 Å². The molecule has 0 radical (unpaired) electrons. The minimum absolute atomic E-state index is 0.0976. The van der Waals surface area contributed by atoms with E-state index in [2.05, 4.69) is 15.3 Å². The van der Waals surface area contributed by atoms with E-state index in [9.17, 15) is 13.6 Å². The van der Waals surface area contributed by atoms with Crippen LogP contribution < -0.4 is 5.32 Å². The molecule has 0 saturated heterocycles. The minimum atomic E-state index is -2.61. The molecule has 0 fully saturated rings. The van der Waals surface area contributed by atoms with Gasteiger partial charge in [-0.05, 0) is 29.8 Å². The number of aryl methyl sites for hydroxylation is 1.